The first-order chi connectivity index (χ1) is 12.2. The number of benzene rings is 1. The van der Waals surface area contributed by atoms with Gasteiger partial charge < -0.3 is 11.1 Å². The zero-order valence-electron chi connectivity index (χ0n) is 15.8. The first-order valence-corrected chi connectivity index (χ1v) is 9.81. The number of thiophene rings is 1. The Hall–Kier alpha value is -2.14. The van der Waals surface area contributed by atoms with Gasteiger partial charge in [-0.3, -0.25) is 9.59 Å². The van der Waals surface area contributed by atoms with Crippen LogP contribution < -0.4 is 11.1 Å². The van der Waals surface area contributed by atoms with Crippen molar-refractivity contribution in [1.82, 2.24) is 0 Å². The molecule has 1 atom stereocenters. The second-order valence-electron chi connectivity index (χ2n) is 8.15. The molecule has 3 N–H and O–H groups in total. The third kappa shape index (κ3) is 3.54. The van der Waals surface area contributed by atoms with Crippen LogP contribution in [-0.2, 0) is 12.8 Å². The number of aryl methyl sites for hydroxylation is 1. The van der Waals surface area contributed by atoms with E-state index in [2.05, 4.69) is 26.1 Å². The highest BCUT2D eigenvalue weighted by atomic mass is 32.1. The Morgan fingerprint density at radius 3 is 2.54 bits per heavy atom. The quantitative estimate of drug-likeness (QED) is 0.831. The van der Waals surface area contributed by atoms with Gasteiger partial charge >= 0.3 is 0 Å². The van der Waals surface area contributed by atoms with Gasteiger partial charge in [0.05, 0.1) is 5.56 Å². The zero-order chi connectivity index (χ0) is 19.1. The summed E-state index contributed by atoms with van der Waals surface area (Å²) in [6.45, 7) is 8.67. The van der Waals surface area contributed by atoms with Crippen LogP contribution in [0.4, 0.5) is 5.00 Å². The Bertz CT molecular complexity index is 861. The van der Waals surface area contributed by atoms with Crippen LogP contribution in [0.25, 0.3) is 0 Å². The lowest BCUT2D eigenvalue weighted by molar-refractivity contribution is 0.1000. The molecule has 1 aliphatic carbocycles. The molecule has 0 saturated carbocycles. The minimum Gasteiger partial charge on any atom is -0.365 e. The Balaban J connectivity index is 1.94. The van der Waals surface area contributed by atoms with E-state index in [4.69, 9.17) is 5.73 Å². The van der Waals surface area contributed by atoms with E-state index >= 15 is 0 Å². The van der Waals surface area contributed by atoms with E-state index in [1.807, 2.05) is 25.1 Å². The Labute approximate surface area is 158 Å². The van der Waals surface area contributed by atoms with Gasteiger partial charge in [0.15, 0.2) is 0 Å². The van der Waals surface area contributed by atoms with Crippen LogP contribution in [0, 0.1) is 18.3 Å². The van der Waals surface area contributed by atoms with Gasteiger partial charge in [0.25, 0.3) is 11.8 Å². The number of nitrogens with two attached hydrogens (primary N) is 1. The van der Waals surface area contributed by atoms with Gasteiger partial charge in [0.1, 0.15) is 5.00 Å². The van der Waals surface area contributed by atoms with Crippen molar-refractivity contribution in [3.05, 3.63) is 51.4 Å². The average Bonchev–Trinajstić information content (AvgIpc) is 2.91. The number of anilines is 1. The van der Waals surface area contributed by atoms with E-state index < -0.39 is 5.91 Å². The topological polar surface area (TPSA) is 72.2 Å². The summed E-state index contributed by atoms with van der Waals surface area (Å²) in [6.07, 6.45) is 2.81. The maximum atomic E-state index is 12.7. The van der Waals surface area contributed by atoms with Crippen molar-refractivity contribution in [3.8, 4) is 0 Å². The fourth-order valence-electron chi connectivity index (χ4n) is 3.67. The SMILES string of the molecule is Cc1ccccc1C(=O)Nc1sc2c(c1C(N)=O)CC[C@@H](C(C)(C)C)C2. The van der Waals surface area contributed by atoms with E-state index in [9.17, 15) is 9.59 Å². The number of carbonyl (C=O) groups is 2. The number of fused-ring (bicyclic) bond motifs is 1. The summed E-state index contributed by atoms with van der Waals surface area (Å²) in [5.74, 6) is -0.0948. The summed E-state index contributed by atoms with van der Waals surface area (Å²) < 4.78 is 0. The second-order valence-corrected chi connectivity index (χ2v) is 9.25. The van der Waals surface area contributed by atoms with E-state index in [-0.39, 0.29) is 11.3 Å². The zero-order valence-corrected chi connectivity index (χ0v) is 16.6. The summed E-state index contributed by atoms with van der Waals surface area (Å²) in [4.78, 5) is 26.0. The molecule has 4 nitrogen and oxygen atoms in total. The minimum atomic E-state index is -0.461. The summed E-state index contributed by atoms with van der Waals surface area (Å²) >= 11 is 1.51. The normalized spacial score (nSPS) is 16.8. The molecular formula is C21H26N2O2S. The van der Waals surface area contributed by atoms with Crippen LogP contribution >= 0.6 is 11.3 Å². The van der Waals surface area contributed by atoms with Crippen LogP contribution in [0.15, 0.2) is 24.3 Å². The predicted molar refractivity (Wildman–Crippen MR) is 107 cm³/mol. The van der Waals surface area contributed by atoms with Gasteiger partial charge in [-0.2, -0.15) is 0 Å². The van der Waals surface area contributed by atoms with Crippen molar-refractivity contribution in [1.29, 1.82) is 0 Å². The molecule has 1 aliphatic rings. The molecule has 0 spiro atoms. The molecule has 0 saturated heterocycles. The first kappa shape index (κ1) is 18.6. The molecule has 0 unspecified atom stereocenters. The van der Waals surface area contributed by atoms with E-state index in [1.54, 1.807) is 6.07 Å². The molecule has 0 bridgehead atoms. The summed E-state index contributed by atoms with van der Waals surface area (Å²) in [6, 6.07) is 7.43. The molecular weight excluding hydrogens is 344 g/mol. The first-order valence-electron chi connectivity index (χ1n) is 8.99. The van der Waals surface area contributed by atoms with Crippen LogP contribution in [0.2, 0.25) is 0 Å². The number of primary amides is 1. The summed E-state index contributed by atoms with van der Waals surface area (Å²) in [5.41, 5.74) is 8.93. The van der Waals surface area contributed by atoms with Gasteiger partial charge in [-0.05, 0) is 54.7 Å². The van der Waals surface area contributed by atoms with Gasteiger partial charge in [-0.25, -0.2) is 0 Å². The van der Waals surface area contributed by atoms with Crippen molar-refractivity contribution >= 4 is 28.2 Å². The van der Waals surface area contributed by atoms with Crippen molar-refractivity contribution in [2.75, 3.05) is 5.32 Å². The predicted octanol–water partition coefficient (Wildman–Crippen LogP) is 4.56. The van der Waals surface area contributed by atoms with Crippen molar-refractivity contribution < 1.29 is 9.59 Å². The minimum absolute atomic E-state index is 0.198. The highest BCUT2D eigenvalue weighted by Gasteiger charge is 2.33. The third-order valence-corrected chi connectivity index (χ3v) is 6.52. The molecule has 0 radical (unpaired) electrons. The molecule has 0 fully saturated rings. The van der Waals surface area contributed by atoms with Gasteiger partial charge in [0.2, 0.25) is 0 Å². The smallest absolute Gasteiger partial charge is 0.256 e. The Kier molecular flexibility index (Phi) is 4.93. The maximum absolute atomic E-state index is 12.7. The molecule has 2 amide bonds. The number of nitrogens with one attached hydrogen (secondary N) is 1. The average molecular weight is 371 g/mol. The largest absolute Gasteiger partial charge is 0.365 e. The highest BCUT2D eigenvalue weighted by Crippen LogP contribution is 2.44. The van der Waals surface area contributed by atoms with Crippen molar-refractivity contribution in [2.24, 2.45) is 17.1 Å². The molecule has 26 heavy (non-hydrogen) atoms. The molecule has 0 aliphatic heterocycles. The third-order valence-electron chi connectivity index (χ3n) is 5.35. The maximum Gasteiger partial charge on any atom is 0.256 e. The van der Waals surface area contributed by atoms with Crippen LogP contribution in [0.1, 0.15) is 63.9 Å². The fraction of sp³-hybridized carbons (Fsp3) is 0.429. The van der Waals surface area contributed by atoms with E-state index in [0.29, 0.717) is 22.0 Å². The van der Waals surface area contributed by atoms with E-state index in [0.717, 1.165) is 30.4 Å². The standard InChI is InChI=1S/C21H26N2O2S/c1-12-7-5-6-8-14(12)19(25)23-20-17(18(22)24)15-10-9-13(21(2,3)4)11-16(15)26-20/h5-8,13H,9-11H2,1-4H3,(H2,22,24)(H,23,25)/t13-/m1/s1. The fourth-order valence-corrected chi connectivity index (χ4v) is 5.00. The number of hydrogen-bond donors (Lipinski definition) is 2. The molecule has 1 aromatic heterocycles. The number of hydrogen-bond acceptors (Lipinski definition) is 3. The van der Waals surface area contributed by atoms with E-state index in [1.165, 1.54) is 16.2 Å². The van der Waals surface area contributed by atoms with Crippen LogP contribution in [0.5, 0.6) is 0 Å². The van der Waals surface area contributed by atoms with Gasteiger partial charge in [-0.15, -0.1) is 11.3 Å². The molecule has 5 heteroatoms. The monoisotopic (exact) mass is 370 g/mol. The molecule has 138 valence electrons. The Morgan fingerprint density at radius 1 is 1.23 bits per heavy atom. The lowest BCUT2D eigenvalue weighted by atomic mass is 9.72. The lowest BCUT2D eigenvalue weighted by Crippen LogP contribution is -2.27. The Morgan fingerprint density at radius 2 is 1.92 bits per heavy atom. The lowest BCUT2D eigenvalue weighted by Gasteiger charge is -2.33. The van der Waals surface area contributed by atoms with Gasteiger partial charge in [0, 0.05) is 10.4 Å². The van der Waals surface area contributed by atoms with Crippen molar-refractivity contribution in [2.45, 2.75) is 47.0 Å². The highest BCUT2D eigenvalue weighted by molar-refractivity contribution is 7.17. The molecule has 1 aromatic carbocycles. The molecule has 2 aromatic rings. The van der Waals surface area contributed by atoms with Crippen LogP contribution in [0.3, 0.4) is 0 Å². The van der Waals surface area contributed by atoms with Crippen LogP contribution in [-0.4, -0.2) is 11.8 Å². The molecule has 1 heterocycles. The summed E-state index contributed by atoms with van der Waals surface area (Å²) in [5, 5.41) is 3.53. The van der Waals surface area contributed by atoms with Gasteiger partial charge in [-0.1, -0.05) is 39.0 Å². The molecule has 3 rings (SSSR count). The number of amides is 2. The number of rotatable bonds is 3. The second kappa shape index (κ2) is 6.88. The van der Waals surface area contributed by atoms with Crippen molar-refractivity contribution in [3.63, 3.8) is 0 Å². The number of carbonyl (C=O) groups excluding carboxylic acids is 2. The summed E-state index contributed by atoms with van der Waals surface area (Å²) in [7, 11) is 0.